The van der Waals surface area contributed by atoms with Gasteiger partial charge < -0.3 is 4.57 Å². The monoisotopic (exact) mass is 656 g/mol. The van der Waals surface area contributed by atoms with E-state index in [1.165, 1.54) is 42.0 Å². The van der Waals surface area contributed by atoms with Gasteiger partial charge in [-0.1, -0.05) is 133 Å². The summed E-state index contributed by atoms with van der Waals surface area (Å²) in [5.74, 6) is 1.91. The van der Waals surface area contributed by atoms with Crippen LogP contribution in [-0.2, 0) is 0 Å². The molecule has 0 unspecified atom stereocenters. The number of hydrogen-bond donors (Lipinski definition) is 0. The van der Waals surface area contributed by atoms with Crippen LogP contribution in [0, 0.1) is 0 Å². The zero-order valence-corrected chi connectivity index (χ0v) is 27.7. The quantitative estimate of drug-likeness (QED) is 0.185. The third-order valence-corrected chi connectivity index (χ3v) is 10.6. The number of fused-ring (bicyclic) bond motifs is 7. The Labute approximate surface area is 292 Å². The summed E-state index contributed by atoms with van der Waals surface area (Å²) in [7, 11) is 0. The van der Waals surface area contributed by atoms with Crippen LogP contribution in [0.25, 0.3) is 93.0 Å². The van der Waals surface area contributed by atoms with E-state index in [4.69, 9.17) is 15.0 Å². The third kappa shape index (κ3) is 4.71. The Kier molecular flexibility index (Phi) is 6.64. The maximum Gasteiger partial charge on any atom is 0.164 e. The lowest BCUT2D eigenvalue weighted by Crippen LogP contribution is -2.01. The van der Waals surface area contributed by atoms with Crippen LogP contribution in [0.15, 0.2) is 170 Å². The molecule has 10 aromatic rings. The van der Waals surface area contributed by atoms with Crippen molar-refractivity contribution < 1.29 is 0 Å². The maximum absolute atomic E-state index is 5.13. The highest BCUT2D eigenvalue weighted by atomic mass is 32.1. The first-order valence-electron chi connectivity index (χ1n) is 16.7. The molecule has 0 atom stereocenters. The second-order valence-electron chi connectivity index (χ2n) is 12.5. The lowest BCUT2D eigenvalue weighted by atomic mass is 10.0. The first kappa shape index (κ1) is 28.6. The highest BCUT2D eigenvalue weighted by molar-refractivity contribution is 7.26. The molecule has 3 aromatic heterocycles. The number of nitrogens with zero attached hydrogens (tertiary/aromatic N) is 4. The number of rotatable bonds is 5. The summed E-state index contributed by atoms with van der Waals surface area (Å²) in [6, 6.07) is 59.6. The number of hydrogen-bond acceptors (Lipinski definition) is 4. The van der Waals surface area contributed by atoms with E-state index >= 15 is 0 Å². The number of thiophene rings is 1. The predicted molar refractivity (Wildman–Crippen MR) is 209 cm³/mol. The second kappa shape index (κ2) is 11.6. The molecule has 0 aliphatic rings. The van der Waals surface area contributed by atoms with Crippen molar-refractivity contribution in [2.24, 2.45) is 0 Å². The summed E-state index contributed by atoms with van der Waals surface area (Å²) in [5.41, 5.74) is 8.53. The van der Waals surface area contributed by atoms with Crippen LogP contribution in [0.2, 0.25) is 0 Å². The van der Waals surface area contributed by atoms with Crippen molar-refractivity contribution in [2.75, 3.05) is 0 Å². The zero-order valence-electron chi connectivity index (χ0n) is 26.9. The Morgan fingerprint density at radius 3 is 1.74 bits per heavy atom. The standard InChI is InChI=1S/C45H28N4S/c1-3-13-29(14-4-1)31-17-11-18-32(27-31)44-46-43(30-15-5-2-6-16-30)47-45(48-44)33-19-12-20-34(28-33)49-38-23-9-7-21-35(38)36-25-26-40-41(42(36)49)37-22-8-10-24-39(37)50-40/h1-28H. The number of aromatic nitrogens is 4. The first-order valence-corrected chi connectivity index (χ1v) is 17.5. The van der Waals surface area contributed by atoms with Crippen molar-refractivity contribution in [3.63, 3.8) is 0 Å². The molecule has 0 aliphatic heterocycles. The molecular formula is C45H28N4S. The molecule has 3 heterocycles. The van der Waals surface area contributed by atoms with Gasteiger partial charge in [-0.25, -0.2) is 15.0 Å². The average Bonchev–Trinajstić information content (AvgIpc) is 3.74. The van der Waals surface area contributed by atoms with E-state index in [0.29, 0.717) is 17.5 Å². The van der Waals surface area contributed by atoms with E-state index in [1.54, 1.807) is 0 Å². The van der Waals surface area contributed by atoms with Crippen LogP contribution in [-0.4, -0.2) is 19.5 Å². The summed E-state index contributed by atoms with van der Waals surface area (Å²) in [6.45, 7) is 0. The van der Waals surface area contributed by atoms with E-state index in [0.717, 1.165) is 33.5 Å². The summed E-state index contributed by atoms with van der Waals surface area (Å²) < 4.78 is 4.99. The molecule has 0 N–H and O–H groups in total. The maximum atomic E-state index is 5.13. The molecule has 0 bridgehead atoms. The average molecular weight is 657 g/mol. The molecule has 7 aromatic carbocycles. The Morgan fingerprint density at radius 1 is 0.380 bits per heavy atom. The molecule has 0 amide bonds. The van der Waals surface area contributed by atoms with E-state index in [2.05, 4.69) is 138 Å². The van der Waals surface area contributed by atoms with Gasteiger partial charge in [0.1, 0.15) is 0 Å². The minimum absolute atomic E-state index is 0.632. The first-order chi connectivity index (χ1) is 24.8. The van der Waals surface area contributed by atoms with Gasteiger partial charge in [0.05, 0.1) is 11.0 Å². The Bertz CT molecular complexity index is 2870. The van der Waals surface area contributed by atoms with Crippen LogP contribution in [0.3, 0.4) is 0 Å². The largest absolute Gasteiger partial charge is 0.309 e. The van der Waals surface area contributed by atoms with Gasteiger partial charge in [-0.3, -0.25) is 0 Å². The molecule has 0 radical (unpaired) electrons. The van der Waals surface area contributed by atoms with Crippen LogP contribution in [0.5, 0.6) is 0 Å². The van der Waals surface area contributed by atoms with Crippen LogP contribution < -0.4 is 0 Å². The van der Waals surface area contributed by atoms with Gasteiger partial charge >= 0.3 is 0 Å². The molecule has 0 saturated carbocycles. The molecule has 4 nitrogen and oxygen atoms in total. The molecule has 50 heavy (non-hydrogen) atoms. The van der Waals surface area contributed by atoms with Gasteiger partial charge in [0, 0.05) is 53.3 Å². The summed E-state index contributed by atoms with van der Waals surface area (Å²) in [6.07, 6.45) is 0. The topological polar surface area (TPSA) is 43.6 Å². The molecule has 0 aliphatic carbocycles. The molecule has 0 saturated heterocycles. The smallest absolute Gasteiger partial charge is 0.164 e. The van der Waals surface area contributed by atoms with Crippen LogP contribution in [0.4, 0.5) is 0 Å². The third-order valence-electron chi connectivity index (χ3n) is 9.43. The van der Waals surface area contributed by atoms with Gasteiger partial charge in [0.25, 0.3) is 0 Å². The van der Waals surface area contributed by atoms with Crippen molar-refractivity contribution in [1.29, 1.82) is 0 Å². The SMILES string of the molecule is c1ccc(-c2cccc(-c3nc(-c4ccccc4)nc(-c4cccc(-n5c6ccccc6c6ccc7sc8ccccc8c7c65)c4)n3)c2)cc1. The van der Waals surface area contributed by atoms with Crippen LogP contribution in [0.1, 0.15) is 0 Å². The van der Waals surface area contributed by atoms with Gasteiger partial charge in [0.15, 0.2) is 17.5 Å². The lowest BCUT2D eigenvalue weighted by molar-refractivity contribution is 1.07. The summed E-state index contributed by atoms with van der Waals surface area (Å²) in [4.78, 5) is 15.2. The van der Waals surface area contributed by atoms with Crippen molar-refractivity contribution in [1.82, 2.24) is 19.5 Å². The Hall–Kier alpha value is -6.43. The summed E-state index contributed by atoms with van der Waals surface area (Å²) >= 11 is 1.85. The van der Waals surface area contributed by atoms with Crippen molar-refractivity contribution in [3.8, 4) is 51.0 Å². The molecule has 10 rings (SSSR count). The second-order valence-corrected chi connectivity index (χ2v) is 13.5. The number of benzene rings is 7. The highest BCUT2D eigenvalue weighted by Gasteiger charge is 2.19. The van der Waals surface area contributed by atoms with Crippen LogP contribution >= 0.6 is 11.3 Å². The van der Waals surface area contributed by atoms with Crippen molar-refractivity contribution in [2.45, 2.75) is 0 Å². The minimum Gasteiger partial charge on any atom is -0.309 e. The van der Waals surface area contributed by atoms with Gasteiger partial charge in [-0.2, -0.15) is 0 Å². The van der Waals surface area contributed by atoms with Crippen molar-refractivity contribution >= 4 is 53.3 Å². The molecule has 0 fully saturated rings. The zero-order chi connectivity index (χ0) is 33.0. The lowest BCUT2D eigenvalue weighted by Gasteiger charge is -2.12. The van der Waals surface area contributed by atoms with Gasteiger partial charge in [0.2, 0.25) is 0 Å². The van der Waals surface area contributed by atoms with E-state index in [1.807, 2.05) is 47.7 Å². The Balaban J connectivity index is 1.19. The molecular weight excluding hydrogens is 629 g/mol. The fourth-order valence-corrected chi connectivity index (χ4v) is 8.24. The predicted octanol–water partition coefficient (Wildman–Crippen LogP) is 12.0. The minimum atomic E-state index is 0.632. The Morgan fingerprint density at radius 2 is 0.960 bits per heavy atom. The van der Waals surface area contributed by atoms with E-state index in [-0.39, 0.29) is 0 Å². The molecule has 234 valence electrons. The van der Waals surface area contributed by atoms with Gasteiger partial charge in [-0.05, 0) is 47.5 Å². The highest BCUT2D eigenvalue weighted by Crippen LogP contribution is 2.43. The normalized spacial score (nSPS) is 11.6. The summed E-state index contributed by atoms with van der Waals surface area (Å²) in [5, 5.41) is 5.05. The fourth-order valence-electron chi connectivity index (χ4n) is 7.14. The fraction of sp³-hybridized carbons (Fsp3) is 0. The van der Waals surface area contributed by atoms with E-state index < -0.39 is 0 Å². The number of para-hydroxylation sites is 1. The molecule has 0 spiro atoms. The molecule has 5 heteroatoms. The van der Waals surface area contributed by atoms with Gasteiger partial charge in [-0.15, -0.1) is 11.3 Å². The van der Waals surface area contributed by atoms with E-state index in [9.17, 15) is 0 Å². The van der Waals surface area contributed by atoms with Crippen molar-refractivity contribution in [3.05, 3.63) is 170 Å².